The molecule has 0 aliphatic rings. The van der Waals surface area contributed by atoms with Crippen molar-refractivity contribution in [1.82, 2.24) is 5.32 Å². The monoisotopic (exact) mass is 346 g/mol. The quantitative estimate of drug-likeness (QED) is 0.489. The number of amides is 1. The Morgan fingerprint density at radius 3 is 2.62 bits per heavy atom. The Hall–Kier alpha value is -2.09. The van der Waals surface area contributed by atoms with Gasteiger partial charge in [0, 0.05) is 25.8 Å². The Morgan fingerprint density at radius 1 is 1.33 bits per heavy atom. The van der Waals surface area contributed by atoms with E-state index >= 15 is 0 Å². The Bertz CT molecular complexity index is 572. The second-order valence-corrected chi connectivity index (χ2v) is 5.23. The Balaban J connectivity index is 2.84. The zero-order valence-electron chi connectivity index (χ0n) is 13.8. The van der Waals surface area contributed by atoms with Gasteiger partial charge in [-0.1, -0.05) is 6.07 Å². The number of hydrogen-bond acceptors (Lipinski definition) is 4. The highest BCUT2D eigenvalue weighted by Crippen LogP contribution is 2.29. The molecule has 134 valence electrons. The first-order valence-electron chi connectivity index (χ1n) is 7.42. The number of alkyl halides is 3. The number of carbonyl (C=O) groups is 1. The van der Waals surface area contributed by atoms with Crippen molar-refractivity contribution in [2.75, 3.05) is 20.3 Å². The predicted octanol–water partition coefficient (Wildman–Crippen LogP) is 3.25. The lowest BCUT2D eigenvalue weighted by Crippen LogP contribution is -2.34. The minimum Gasteiger partial charge on any atom is -0.462 e. The first-order chi connectivity index (χ1) is 11.2. The molecule has 0 aliphatic heterocycles. The zero-order valence-corrected chi connectivity index (χ0v) is 13.8. The Labute approximate surface area is 138 Å². The van der Waals surface area contributed by atoms with Crippen molar-refractivity contribution < 1.29 is 27.4 Å². The molecule has 1 N–H and O–H groups in total. The molecule has 1 rings (SSSR count). The van der Waals surface area contributed by atoms with Crippen LogP contribution in [0.15, 0.2) is 29.3 Å². The second kappa shape index (κ2) is 9.27. The number of methoxy groups -OCH3 is 1. The lowest BCUT2D eigenvalue weighted by atomic mass is 10.1. The highest BCUT2D eigenvalue weighted by Gasteiger charge is 2.31. The molecule has 5 nitrogen and oxygen atoms in total. The van der Waals surface area contributed by atoms with Crippen LogP contribution in [0.5, 0.6) is 0 Å². The van der Waals surface area contributed by atoms with Crippen molar-refractivity contribution in [1.29, 1.82) is 0 Å². The third kappa shape index (κ3) is 6.99. The first kappa shape index (κ1) is 20.0. The molecule has 1 aromatic rings. The van der Waals surface area contributed by atoms with Gasteiger partial charge in [-0.2, -0.15) is 13.2 Å². The van der Waals surface area contributed by atoms with Gasteiger partial charge in [0.1, 0.15) is 0 Å². The van der Waals surface area contributed by atoms with Crippen LogP contribution in [0.1, 0.15) is 36.2 Å². The summed E-state index contributed by atoms with van der Waals surface area (Å²) in [6.45, 7) is 4.36. The summed E-state index contributed by atoms with van der Waals surface area (Å²) in [6.07, 6.45) is -4.13. The molecule has 0 fully saturated rings. The van der Waals surface area contributed by atoms with E-state index in [1.807, 2.05) is 0 Å². The number of halogens is 3. The summed E-state index contributed by atoms with van der Waals surface area (Å²) >= 11 is 0. The highest BCUT2D eigenvalue weighted by molar-refractivity contribution is 6.04. The van der Waals surface area contributed by atoms with E-state index in [2.05, 4.69) is 10.3 Å². The van der Waals surface area contributed by atoms with Crippen molar-refractivity contribution >= 4 is 11.9 Å². The third-order valence-corrected chi connectivity index (χ3v) is 2.78. The number of benzene rings is 1. The Kier molecular flexibility index (Phi) is 7.70. The van der Waals surface area contributed by atoms with Gasteiger partial charge < -0.3 is 9.47 Å². The summed E-state index contributed by atoms with van der Waals surface area (Å²) < 4.78 is 48.4. The first-order valence-corrected chi connectivity index (χ1v) is 7.42. The molecule has 24 heavy (non-hydrogen) atoms. The van der Waals surface area contributed by atoms with E-state index in [4.69, 9.17) is 9.47 Å². The maximum atomic E-state index is 12.7. The topological polar surface area (TPSA) is 59.9 Å². The van der Waals surface area contributed by atoms with Gasteiger partial charge in [-0.05, 0) is 38.5 Å². The highest BCUT2D eigenvalue weighted by atomic mass is 19.4. The molecule has 0 bridgehead atoms. The summed E-state index contributed by atoms with van der Waals surface area (Å²) in [5.74, 6) is -0.716. The lowest BCUT2D eigenvalue weighted by molar-refractivity contribution is -0.137. The van der Waals surface area contributed by atoms with Crippen molar-refractivity contribution in [2.24, 2.45) is 4.99 Å². The smallest absolute Gasteiger partial charge is 0.416 e. The van der Waals surface area contributed by atoms with Crippen LogP contribution in [-0.2, 0) is 15.7 Å². The van der Waals surface area contributed by atoms with E-state index in [1.165, 1.54) is 12.1 Å². The normalized spacial score (nSPS) is 12.4. The van der Waals surface area contributed by atoms with Crippen LogP contribution in [0, 0.1) is 0 Å². The molecule has 1 amide bonds. The standard InChI is InChI=1S/C16H21F3N2O3/c1-11(2)24-15(20-8-5-9-23-3)21-14(22)12-6-4-7-13(10-12)16(17,18)19/h4,6-7,10-11H,5,8-9H2,1-3H3,(H,20,21,22). The van der Waals surface area contributed by atoms with E-state index in [-0.39, 0.29) is 17.7 Å². The second-order valence-electron chi connectivity index (χ2n) is 5.23. The molecule has 0 atom stereocenters. The zero-order chi connectivity index (χ0) is 18.2. The van der Waals surface area contributed by atoms with Crippen LogP contribution in [0.4, 0.5) is 13.2 Å². The summed E-state index contributed by atoms with van der Waals surface area (Å²) in [7, 11) is 1.56. The molecule has 0 saturated heterocycles. The predicted molar refractivity (Wildman–Crippen MR) is 83.9 cm³/mol. The van der Waals surface area contributed by atoms with Gasteiger partial charge in [0.15, 0.2) is 0 Å². The number of hydrogen-bond donors (Lipinski definition) is 1. The minimum absolute atomic E-state index is 0.0245. The number of rotatable bonds is 6. The molecule has 8 heteroatoms. The largest absolute Gasteiger partial charge is 0.462 e. The van der Waals surface area contributed by atoms with Crippen LogP contribution < -0.4 is 5.32 Å². The number of amidine groups is 1. The number of aliphatic imine (C=N–C) groups is 1. The van der Waals surface area contributed by atoms with Crippen molar-refractivity contribution in [2.45, 2.75) is 32.5 Å². The van der Waals surface area contributed by atoms with Gasteiger partial charge in [0.2, 0.25) is 0 Å². The molecule has 0 saturated carbocycles. The molecule has 0 aliphatic carbocycles. The van der Waals surface area contributed by atoms with Crippen LogP contribution >= 0.6 is 0 Å². The summed E-state index contributed by atoms with van der Waals surface area (Å²) in [5.41, 5.74) is -1.01. The molecule has 0 unspecified atom stereocenters. The molecule has 0 aromatic heterocycles. The fourth-order valence-electron chi connectivity index (χ4n) is 1.73. The molecule has 1 aromatic carbocycles. The molecule has 0 heterocycles. The van der Waals surface area contributed by atoms with Crippen LogP contribution in [-0.4, -0.2) is 38.3 Å². The fraction of sp³-hybridized carbons (Fsp3) is 0.500. The van der Waals surface area contributed by atoms with E-state index in [0.29, 0.717) is 19.6 Å². The summed E-state index contributed by atoms with van der Waals surface area (Å²) in [5, 5.41) is 2.40. The van der Waals surface area contributed by atoms with Crippen molar-refractivity contribution in [3.63, 3.8) is 0 Å². The number of ether oxygens (including phenoxy) is 2. The van der Waals surface area contributed by atoms with Crippen LogP contribution in [0.3, 0.4) is 0 Å². The van der Waals surface area contributed by atoms with Gasteiger partial charge in [0.05, 0.1) is 11.7 Å². The summed E-state index contributed by atoms with van der Waals surface area (Å²) in [6, 6.07) is 4.14. The molecule has 0 spiro atoms. The van der Waals surface area contributed by atoms with Crippen LogP contribution in [0.25, 0.3) is 0 Å². The molecular weight excluding hydrogens is 325 g/mol. The van der Waals surface area contributed by atoms with E-state index in [9.17, 15) is 18.0 Å². The van der Waals surface area contributed by atoms with E-state index < -0.39 is 17.6 Å². The van der Waals surface area contributed by atoms with E-state index in [1.54, 1.807) is 21.0 Å². The average molecular weight is 346 g/mol. The van der Waals surface area contributed by atoms with Gasteiger partial charge in [-0.3, -0.25) is 10.1 Å². The number of nitrogens with zero attached hydrogens (tertiary/aromatic N) is 1. The van der Waals surface area contributed by atoms with Gasteiger partial charge in [-0.25, -0.2) is 4.99 Å². The lowest BCUT2D eigenvalue weighted by Gasteiger charge is -2.14. The number of carbonyl (C=O) groups excluding carboxylic acids is 1. The van der Waals surface area contributed by atoms with Crippen molar-refractivity contribution in [3.05, 3.63) is 35.4 Å². The summed E-state index contributed by atoms with van der Waals surface area (Å²) in [4.78, 5) is 16.2. The Morgan fingerprint density at radius 2 is 2.04 bits per heavy atom. The number of nitrogens with one attached hydrogen (secondary N) is 1. The fourth-order valence-corrected chi connectivity index (χ4v) is 1.73. The average Bonchev–Trinajstić information content (AvgIpc) is 2.50. The van der Waals surface area contributed by atoms with Gasteiger partial charge >= 0.3 is 6.18 Å². The molecular formula is C16H21F3N2O3. The molecule has 0 radical (unpaired) electrons. The van der Waals surface area contributed by atoms with Crippen LogP contribution in [0.2, 0.25) is 0 Å². The van der Waals surface area contributed by atoms with Gasteiger partial charge in [-0.15, -0.1) is 0 Å². The SMILES string of the molecule is COCCCN=C(NC(=O)c1cccc(C(F)(F)F)c1)OC(C)C. The minimum atomic E-state index is -4.51. The van der Waals surface area contributed by atoms with Gasteiger partial charge in [0.25, 0.3) is 11.9 Å². The maximum Gasteiger partial charge on any atom is 0.416 e. The third-order valence-electron chi connectivity index (χ3n) is 2.78. The van der Waals surface area contributed by atoms with E-state index in [0.717, 1.165) is 12.1 Å². The maximum absolute atomic E-state index is 12.7. The van der Waals surface area contributed by atoms with Crippen molar-refractivity contribution in [3.8, 4) is 0 Å².